The maximum Gasteiger partial charge on any atom is 0.411 e. The first-order valence-corrected chi connectivity index (χ1v) is 4.37. The third-order valence-corrected chi connectivity index (χ3v) is 1.34. The van der Waals surface area contributed by atoms with Crippen molar-refractivity contribution in [3.63, 3.8) is 0 Å². The van der Waals surface area contributed by atoms with E-state index in [0.717, 1.165) is 0 Å². The second-order valence-corrected chi connectivity index (χ2v) is 3.35. The molecule has 0 heterocycles. The molecule has 0 aromatic heterocycles. The van der Waals surface area contributed by atoms with E-state index >= 15 is 0 Å². The van der Waals surface area contributed by atoms with E-state index in [1.165, 1.54) is 0 Å². The van der Waals surface area contributed by atoms with Gasteiger partial charge in [0.05, 0.1) is 12.7 Å². The summed E-state index contributed by atoms with van der Waals surface area (Å²) in [5, 5.41) is 12.0. The Labute approximate surface area is 81.2 Å². The first-order valence-electron chi connectivity index (χ1n) is 4.37. The monoisotopic (exact) mass is 215 g/mol. The second-order valence-electron chi connectivity index (χ2n) is 3.35. The molecule has 14 heavy (non-hydrogen) atoms. The van der Waals surface area contributed by atoms with Gasteiger partial charge in [-0.1, -0.05) is 13.8 Å². The van der Waals surface area contributed by atoms with Crippen LogP contribution in [0.4, 0.5) is 13.2 Å². The molecule has 0 aromatic rings. The van der Waals surface area contributed by atoms with Gasteiger partial charge in [-0.15, -0.1) is 0 Å². The molecule has 0 spiro atoms. The summed E-state index contributed by atoms with van der Waals surface area (Å²) in [7, 11) is 0. The van der Waals surface area contributed by atoms with Crippen LogP contribution in [0.1, 0.15) is 13.8 Å². The topological polar surface area (TPSA) is 41.5 Å². The molecule has 3 nitrogen and oxygen atoms in total. The fourth-order valence-electron chi connectivity index (χ4n) is 0.741. The molecule has 0 amide bonds. The molecule has 0 saturated carbocycles. The molecule has 0 saturated heterocycles. The van der Waals surface area contributed by atoms with Crippen molar-refractivity contribution in [3.05, 3.63) is 0 Å². The number of hydrogen-bond acceptors (Lipinski definition) is 3. The van der Waals surface area contributed by atoms with Crippen molar-refractivity contribution >= 4 is 0 Å². The van der Waals surface area contributed by atoms with Gasteiger partial charge in [-0.05, 0) is 0 Å². The van der Waals surface area contributed by atoms with Crippen molar-refractivity contribution in [1.29, 1.82) is 0 Å². The number of alkyl halides is 3. The fraction of sp³-hybridized carbons (Fsp3) is 1.00. The fourth-order valence-corrected chi connectivity index (χ4v) is 0.741. The molecule has 0 aliphatic heterocycles. The van der Waals surface area contributed by atoms with E-state index in [9.17, 15) is 13.2 Å². The van der Waals surface area contributed by atoms with Gasteiger partial charge in [0.15, 0.2) is 0 Å². The van der Waals surface area contributed by atoms with Gasteiger partial charge in [-0.3, -0.25) is 0 Å². The summed E-state index contributed by atoms with van der Waals surface area (Å²) in [5.74, 6) is 0. The molecular weight excluding hydrogens is 199 g/mol. The zero-order valence-corrected chi connectivity index (χ0v) is 8.27. The highest BCUT2D eigenvalue weighted by molar-refractivity contribution is 4.61. The van der Waals surface area contributed by atoms with Crippen molar-refractivity contribution in [2.24, 2.45) is 0 Å². The predicted octanol–water partition coefficient (Wildman–Crippen LogP) is 0.924. The number of ether oxygens (including phenoxy) is 1. The van der Waals surface area contributed by atoms with Crippen LogP contribution in [0.2, 0.25) is 0 Å². The van der Waals surface area contributed by atoms with Crippen molar-refractivity contribution in [1.82, 2.24) is 5.32 Å². The molecule has 0 aliphatic rings. The molecule has 1 atom stereocenters. The predicted molar refractivity (Wildman–Crippen MR) is 46.0 cm³/mol. The minimum absolute atomic E-state index is 0.187. The normalized spacial score (nSPS) is 14.8. The van der Waals surface area contributed by atoms with Gasteiger partial charge >= 0.3 is 6.18 Å². The molecule has 0 fully saturated rings. The summed E-state index contributed by atoms with van der Waals surface area (Å²) in [6.07, 6.45) is -5.23. The Morgan fingerprint density at radius 3 is 2.36 bits per heavy atom. The Bertz CT molecular complexity index is 150. The van der Waals surface area contributed by atoms with Gasteiger partial charge in [-0.2, -0.15) is 13.2 Å². The van der Waals surface area contributed by atoms with Crippen LogP contribution in [0.15, 0.2) is 0 Å². The van der Waals surface area contributed by atoms with Gasteiger partial charge in [0, 0.05) is 12.6 Å². The summed E-state index contributed by atoms with van der Waals surface area (Å²) in [4.78, 5) is 0. The van der Waals surface area contributed by atoms with E-state index in [-0.39, 0.29) is 19.2 Å². The van der Waals surface area contributed by atoms with E-state index in [4.69, 9.17) is 5.11 Å². The van der Waals surface area contributed by atoms with Crippen LogP contribution in [-0.2, 0) is 4.74 Å². The van der Waals surface area contributed by atoms with Crippen LogP contribution in [0, 0.1) is 0 Å². The van der Waals surface area contributed by atoms with E-state index < -0.39 is 18.9 Å². The quantitative estimate of drug-likeness (QED) is 0.692. The van der Waals surface area contributed by atoms with Crippen LogP contribution in [-0.4, -0.2) is 43.2 Å². The van der Waals surface area contributed by atoms with Gasteiger partial charge in [0.2, 0.25) is 0 Å². The Kier molecular flexibility index (Phi) is 6.06. The minimum atomic E-state index is -4.33. The smallest absolute Gasteiger partial charge is 0.389 e. The summed E-state index contributed by atoms with van der Waals surface area (Å²) < 4.78 is 39.1. The van der Waals surface area contributed by atoms with Crippen LogP contribution < -0.4 is 5.32 Å². The molecule has 0 rings (SSSR count). The zero-order chi connectivity index (χ0) is 11.2. The summed E-state index contributed by atoms with van der Waals surface area (Å²) in [5.41, 5.74) is 0. The Morgan fingerprint density at radius 2 is 1.93 bits per heavy atom. The third kappa shape index (κ3) is 9.76. The number of hydrogen-bond donors (Lipinski definition) is 2. The Morgan fingerprint density at radius 1 is 1.36 bits per heavy atom. The number of aliphatic hydroxyl groups is 1. The molecule has 0 radical (unpaired) electrons. The lowest BCUT2D eigenvalue weighted by Crippen LogP contribution is -2.35. The number of aliphatic hydroxyl groups excluding tert-OH is 1. The molecule has 6 heteroatoms. The Balaban J connectivity index is 3.40. The van der Waals surface area contributed by atoms with Gasteiger partial charge in [-0.25, -0.2) is 0 Å². The zero-order valence-electron chi connectivity index (χ0n) is 8.27. The molecule has 0 bridgehead atoms. The average molecular weight is 215 g/mol. The maximum absolute atomic E-state index is 11.6. The first-order chi connectivity index (χ1) is 6.31. The SMILES string of the molecule is CC(C)NCC(O)COCC(F)(F)F. The van der Waals surface area contributed by atoms with Gasteiger partial charge in [0.1, 0.15) is 6.61 Å². The van der Waals surface area contributed by atoms with Crippen molar-refractivity contribution in [2.45, 2.75) is 32.2 Å². The van der Waals surface area contributed by atoms with Crippen molar-refractivity contribution in [3.8, 4) is 0 Å². The largest absolute Gasteiger partial charge is 0.411 e. The van der Waals surface area contributed by atoms with Crippen molar-refractivity contribution in [2.75, 3.05) is 19.8 Å². The van der Waals surface area contributed by atoms with E-state index in [1.54, 1.807) is 0 Å². The number of halogens is 3. The van der Waals surface area contributed by atoms with Crippen molar-refractivity contribution < 1.29 is 23.0 Å². The van der Waals surface area contributed by atoms with Crippen LogP contribution in [0.5, 0.6) is 0 Å². The lowest BCUT2D eigenvalue weighted by Gasteiger charge is -2.14. The summed E-state index contributed by atoms with van der Waals surface area (Å²) in [6, 6.07) is 0.187. The highest BCUT2D eigenvalue weighted by atomic mass is 19.4. The molecule has 2 N–H and O–H groups in total. The summed E-state index contributed by atoms with van der Waals surface area (Å²) >= 11 is 0. The number of nitrogens with one attached hydrogen (secondary N) is 1. The molecule has 0 aliphatic carbocycles. The van der Waals surface area contributed by atoms with Crippen LogP contribution >= 0.6 is 0 Å². The van der Waals surface area contributed by atoms with Crippen LogP contribution in [0.3, 0.4) is 0 Å². The molecule has 86 valence electrons. The van der Waals surface area contributed by atoms with Gasteiger partial charge in [0.25, 0.3) is 0 Å². The molecular formula is C8H16F3NO2. The maximum atomic E-state index is 11.6. The Hall–Kier alpha value is -0.330. The van der Waals surface area contributed by atoms with E-state index in [2.05, 4.69) is 10.1 Å². The summed E-state index contributed by atoms with van der Waals surface area (Å²) in [6.45, 7) is 2.37. The molecule has 0 aromatic carbocycles. The van der Waals surface area contributed by atoms with E-state index in [0.29, 0.717) is 0 Å². The highest BCUT2D eigenvalue weighted by Crippen LogP contribution is 2.14. The number of rotatable bonds is 6. The standard InChI is InChI=1S/C8H16F3NO2/c1-6(2)12-3-7(13)4-14-5-8(9,10)11/h6-7,12-13H,3-5H2,1-2H3. The van der Waals surface area contributed by atoms with Gasteiger partial charge < -0.3 is 15.2 Å². The average Bonchev–Trinajstić information content (AvgIpc) is 1.98. The lowest BCUT2D eigenvalue weighted by atomic mass is 10.3. The first kappa shape index (κ1) is 13.7. The highest BCUT2D eigenvalue weighted by Gasteiger charge is 2.27. The third-order valence-electron chi connectivity index (χ3n) is 1.34. The second kappa shape index (κ2) is 6.21. The molecule has 1 unspecified atom stereocenters. The van der Waals surface area contributed by atoms with Crippen LogP contribution in [0.25, 0.3) is 0 Å². The minimum Gasteiger partial charge on any atom is -0.389 e. The van der Waals surface area contributed by atoms with E-state index in [1.807, 2.05) is 13.8 Å². The lowest BCUT2D eigenvalue weighted by molar-refractivity contribution is -0.178.